The van der Waals surface area contributed by atoms with E-state index in [1.165, 1.54) is 22.3 Å². The van der Waals surface area contributed by atoms with Crippen molar-refractivity contribution in [2.24, 2.45) is 0 Å². The smallest absolute Gasteiger partial charge is 0.246 e. The lowest BCUT2D eigenvalue weighted by molar-refractivity contribution is 0.193. The first kappa shape index (κ1) is 23.4. The van der Waals surface area contributed by atoms with Crippen LogP contribution < -0.4 is 0 Å². The zero-order chi connectivity index (χ0) is 21.1. The van der Waals surface area contributed by atoms with Crippen molar-refractivity contribution in [1.29, 1.82) is 0 Å². The lowest BCUT2D eigenvalue weighted by atomic mass is 9.85. The van der Waals surface area contributed by atoms with Gasteiger partial charge in [0.25, 0.3) is 0 Å². The fraction of sp³-hybridized carbons (Fsp3) is 0.407. The maximum absolute atomic E-state index is 5.47. The van der Waals surface area contributed by atoms with Crippen molar-refractivity contribution < 1.29 is 4.43 Å². The van der Waals surface area contributed by atoms with Crippen molar-refractivity contribution in [2.45, 2.75) is 70.8 Å². The molecule has 1 unspecified atom stereocenters. The highest BCUT2D eigenvalue weighted by molar-refractivity contribution is 5.98. The molecule has 0 aliphatic heterocycles. The van der Waals surface area contributed by atoms with Crippen LogP contribution in [-0.4, -0.2) is 16.6 Å². The van der Waals surface area contributed by atoms with Gasteiger partial charge in [0, 0.05) is 6.10 Å². The Morgan fingerprint density at radius 3 is 2.07 bits per heavy atom. The van der Waals surface area contributed by atoms with Crippen molar-refractivity contribution >= 4 is 16.1 Å². The molecule has 2 aromatic carbocycles. The van der Waals surface area contributed by atoms with Gasteiger partial charge in [0.1, 0.15) is 0 Å². The fourth-order valence-corrected chi connectivity index (χ4v) is 3.75. The van der Waals surface area contributed by atoms with E-state index in [-0.39, 0.29) is 11.5 Å². The molecule has 0 aliphatic carbocycles. The van der Waals surface area contributed by atoms with E-state index in [4.69, 9.17) is 4.43 Å². The van der Waals surface area contributed by atoms with Crippen LogP contribution in [0.25, 0.3) is 5.57 Å². The van der Waals surface area contributed by atoms with Crippen LogP contribution in [0.5, 0.6) is 0 Å². The largest absolute Gasteiger partial charge is 0.416 e. The SMILES string of the molecule is C=CCCCC(CCC/C=C(/c1ccccc1)c1ccc(C(C)(C)C)cc1)O[Si]. The fourth-order valence-electron chi connectivity index (χ4n) is 3.51. The van der Waals surface area contributed by atoms with Crippen molar-refractivity contribution in [3.8, 4) is 0 Å². The summed E-state index contributed by atoms with van der Waals surface area (Å²) in [5.41, 5.74) is 5.41. The molecular weight excluding hydrogens is 368 g/mol. The zero-order valence-corrected chi connectivity index (χ0v) is 19.3. The molecule has 153 valence electrons. The average Bonchev–Trinajstić information content (AvgIpc) is 2.72. The predicted molar refractivity (Wildman–Crippen MR) is 127 cm³/mol. The van der Waals surface area contributed by atoms with Crippen LogP contribution in [-0.2, 0) is 9.84 Å². The second-order valence-corrected chi connectivity index (χ2v) is 8.94. The summed E-state index contributed by atoms with van der Waals surface area (Å²) in [7, 11) is 3.25. The highest BCUT2D eigenvalue weighted by atomic mass is 28.2. The molecule has 0 saturated heterocycles. The molecule has 29 heavy (non-hydrogen) atoms. The number of unbranched alkanes of at least 4 members (excludes halogenated alkanes) is 2. The Morgan fingerprint density at radius 1 is 0.931 bits per heavy atom. The van der Waals surface area contributed by atoms with E-state index in [2.05, 4.69) is 98.5 Å². The number of rotatable bonds is 11. The molecule has 0 saturated carbocycles. The van der Waals surface area contributed by atoms with Gasteiger partial charge in [-0.25, -0.2) is 0 Å². The van der Waals surface area contributed by atoms with E-state index >= 15 is 0 Å². The summed E-state index contributed by atoms with van der Waals surface area (Å²) < 4.78 is 5.47. The first-order valence-corrected chi connectivity index (χ1v) is 11.2. The minimum Gasteiger partial charge on any atom is -0.416 e. The van der Waals surface area contributed by atoms with Gasteiger partial charge < -0.3 is 4.43 Å². The Labute approximate surface area is 181 Å². The van der Waals surface area contributed by atoms with E-state index in [1.807, 2.05) is 6.08 Å². The Kier molecular flexibility index (Phi) is 9.63. The van der Waals surface area contributed by atoms with Crippen LogP contribution >= 0.6 is 0 Å². The van der Waals surface area contributed by atoms with Gasteiger partial charge >= 0.3 is 0 Å². The van der Waals surface area contributed by atoms with E-state index in [0.717, 1.165) is 38.5 Å². The van der Waals surface area contributed by atoms with E-state index in [9.17, 15) is 0 Å². The van der Waals surface area contributed by atoms with Crippen LogP contribution in [0.4, 0.5) is 0 Å². The number of benzene rings is 2. The molecule has 0 heterocycles. The van der Waals surface area contributed by atoms with Gasteiger partial charge in [0.2, 0.25) is 10.5 Å². The highest BCUT2D eigenvalue weighted by Crippen LogP contribution is 2.28. The molecule has 0 spiro atoms. The third-order valence-corrected chi connectivity index (χ3v) is 5.66. The highest BCUT2D eigenvalue weighted by Gasteiger charge is 2.14. The van der Waals surface area contributed by atoms with Crippen molar-refractivity contribution in [3.05, 3.63) is 90.0 Å². The van der Waals surface area contributed by atoms with E-state index < -0.39 is 0 Å². The Morgan fingerprint density at radius 2 is 1.52 bits per heavy atom. The minimum atomic E-state index is 0.172. The van der Waals surface area contributed by atoms with Gasteiger partial charge in [-0.1, -0.05) is 87.5 Å². The standard InChI is InChI=1S/C27H35OSi/c1-5-6-8-15-25(28-29)16-11-12-17-26(22-13-9-7-10-14-22)23-18-20-24(21-19-23)27(2,3)4/h5,7,9-10,13-14,17-21,25H,1,6,8,11-12,15-16H2,2-4H3/b26-17-. The maximum atomic E-state index is 5.47. The molecule has 0 bridgehead atoms. The van der Waals surface area contributed by atoms with Gasteiger partial charge in [0.05, 0.1) is 0 Å². The van der Waals surface area contributed by atoms with Crippen molar-refractivity contribution in [3.63, 3.8) is 0 Å². The molecule has 2 aromatic rings. The van der Waals surface area contributed by atoms with Gasteiger partial charge in [0.15, 0.2) is 0 Å². The first-order chi connectivity index (χ1) is 14.0. The molecular formula is C27H35OSi. The van der Waals surface area contributed by atoms with Gasteiger partial charge in [-0.15, -0.1) is 6.58 Å². The lowest BCUT2D eigenvalue weighted by Gasteiger charge is -2.19. The third-order valence-electron chi connectivity index (χ3n) is 5.33. The van der Waals surface area contributed by atoms with E-state index in [1.54, 1.807) is 0 Å². The molecule has 0 amide bonds. The summed E-state index contributed by atoms with van der Waals surface area (Å²) in [5.74, 6) is 0. The van der Waals surface area contributed by atoms with Crippen LogP contribution in [0, 0.1) is 0 Å². The quantitative estimate of drug-likeness (QED) is 0.215. The molecule has 0 N–H and O–H groups in total. The summed E-state index contributed by atoms with van der Waals surface area (Å²) in [4.78, 5) is 0. The number of allylic oxidation sites excluding steroid dienone is 2. The first-order valence-electron chi connectivity index (χ1n) is 10.8. The molecule has 0 aliphatic rings. The summed E-state index contributed by atoms with van der Waals surface area (Å²) in [6.45, 7) is 10.6. The maximum Gasteiger partial charge on any atom is 0.246 e. The predicted octanol–water partition coefficient (Wildman–Crippen LogP) is 7.41. The van der Waals surface area contributed by atoms with Gasteiger partial charge in [-0.05, 0) is 66.2 Å². The molecule has 1 nitrogen and oxygen atoms in total. The topological polar surface area (TPSA) is 9.23 Å². The van der Waals surface area contributed by atoms with Crippen LogP contribution in [0.3, 0.4) is 0 Å². The van der Waals surface area contributed by atoms with Crippen molar-refractivity contribution in [1.82, 2.24) is 0 Å². The minimum absolute atomic E-state index is 0.172. The van der Waals surface area contributed by atoms with Gasteiger partial charge in [-0.2, -0.15) is 0 Å². The normalized spacial score (nSPS) is 13.3. The van der Waals surface area contributed by atoms with Crippen LogP contribution in [0.2, 0.25) is 0 Å². The number of hydrogen-bond donors (Lipinski definition) is 0. The molecule has 0 fully saturated rings. The summed E-state index contributed by atoms with van der Waals surface area (Å²) >= 11 is 0. The molecule has 0 aromatic heterocycles. The van der Waals surface area contributed by atoms with Crippen LogP contribution in [0.15, 0.2) is 73.3 Å². The van der Waals surface area contributed by atoms with Gasteiger partial charge in [-0.3, -0.25) is 0 Å². The van der Waals surface area contributed by atoms with Crippen LogP contribution in [0.1, 0.15) is 76.0 Å². The molecule has 2 rings (SSSR count). The number of hydrogen-bond acceptors (Lipinski definition) is 1. The Bertz CT molecular complexity index is 753. The Balaban J connectivity index is 2.10. The molecule has 3 radical (unpaired) electrons. The van der Waals surface area contributed by atoms with Crippen molar-refractivity contribution in [2.75, 3.05) is 0 Å². The summed E-state index contributed by atoms with van der Waals surface area (Å²) in [5, 5.41) is 0. The average molecular weight is 404 g/mol. The summed E-state index contributed by atoms with van der Waals surface area (Å²) in [6, 6.07) is 19.7. The Hall–Kier alpha value is -1.90. The second kappa shape index (κ2) is 11.9. The summed E-state index contributed by atoms with van der Waals surface area (Å²) in [6.07, 6.45) is 11.1. The zero-order valence-electron chi connectivity index (χ0n) is 18.3. The third kappa shape index (κ3) is 7.79. The molecule has 2 heteroatoms. The lowest BCUT2D eigenvalue weighted by Crippen LogP contribution is -2.11. The monoisotopic (exact) mass is 403 g/mol. The second-order valence-electron chi connectivity index (χ2n) is 8.70. The van der Waals surface area contributed by atoms with E-state index in [0.29, 0.717) is 0 Å². The molecule has 1 atom stereocenters.